The van der Waals surface area contributed by atoms with E-state index in [1.54, 1.807) is 11.0 Å². The molecule has 0 spiro atoms. The molecule has 4 aliphatic carbocycles. The number of hydrogen-bond acceptors (Lipinski definition) is 3. The standard InChI is InChI=1S/C26H31F3N2O2/c27-26(28,29)13-22(33)31-14-16-12-24-7-6-20(31)23(16)25(24)8-9-30(17-2-1-3-17)21(24)10-15-4-5-18(32)11-19(15)25/h4-5,11,16-17,20-21,23,32H,1-3,6-10,12-14H2/t16-,20?,21?,23?,24?,25?/m1/s1. The maximum absolute atomic E-state index is 13.1. The van der Waals surface area contributed by atoms with E-state index in [0.29, 0.717) is 18.6 Å². The van der Waals surface area contributed by atoms with Crippen LogP contribution in [0.3, 0.4) is 0 Å². The minimum atomic E-state index is -4.46. The maximum Gasteiger partial charge on any atom is 0.397 e. The highest BCUT2D eigenvalue weighted by Crippen LogP contribution is 2.75. The predicted octanol–water partition coefficient (Wildman–Crippen LogP) is 4.39. The minimum absolute atomic E-state index is 0.107. The average molecular weight is 461 g/mol. The fraction of sp³-hybridized carbons (Fsp3) is 0.731. The Morgan fingerprint density at radius 3 is 2.73 bits per heavy atom. The van der Waals surface area contributed by atoms with Gasteiger partial charge in [0, 0.05) is 30.1 Å². The molecule has 5 fully saturated rings. The first-order valence-electron chi connectivity index (χ1n) is 12.7. The number of alkyl halides is 3. The zero-order valence-electron chi connectivity index (χ0n) is 18.8. The fourth-order valence-corrected chi connectivity index (χ4v) is 9.75. The number of fused-ring (bicyclic) bond motifs is 1. The zero-order chi connectivity index (χ0) is 22.8. The number of carbonyl (C=O) groups excluding carboxylic acids is 1. The van der Waals surface area contributed by atoms with Crippen molar-refractivity contribution in [3.63, 3.8) is 0 Å². The van der Waals surface area contributed by atoms with Crippen LogP contribution in [0.5, 0.6) is 5.75 Å². The van der Waals surface area contributed by atoms with Crippen molar-refractivity contribution in [2.45, 2.75) is 87.5 Å². The van der Waals surface area contributed by atoms with Gasteiger partial charge in [0.2, 0.25) is 5.91 Å². The van der Waals surface area contributed by atoms with Gasteiger partial charge in [-0.2, -0.15) is 13.2 Å². The summed E-state index contributed by atoms with van der Waals surface area (Å²) in [7, 11) is 0. The van der Waals surface area contributed by atoms with Gasteiger partial charge in [-0.25, -0.2) is 0 Å². The normalized spacial score (nSPS) is 41.5. The molecule has 0 radical (unpaired) electrons. The summed E-state index contributed by atoms with van der Waals surface area (Å²) in [5.74, 6) is -0.0104. The lowest BCUT2D eigenvalue weighted by Crippen LogP contribution is -2.71. The van der Waals surface area contributed by atoms with Gasteiger partial charge in [-0.3, -0.25) is 9.69 Å². The number of amides is 1. The first-order chi connectivity index (χ1) is 15.7. The second-order valence-electron chi connectivity index (χ2n) is 11.7. The van der Waals surface area contributed by atoms with Crippen LogP contribution in [0.2, 0.25) is 0 Å². The number of rotatable bonds is 2. The third kappa shape index (κ3) is 2.50. The summed E-state index contributed by atoms with van der Waals surface area (Å²) in [4.78, 5) is 17.2. The number of phenols is 1. The quantitative estimate of drug-likeness (QED) is 0.712. The Morgan fingerprint density at radius 2 is 2.00 bits per heavy atom. The Balaban J connectivity index is 1.34. The summed E-state index contributed by atoms with van der Waals surface area (Å²) in [6, 6.07) is 6.87. The molecule has 1 N–H and O–H groups in total. The van der Waals surface area contributed by atoms with Gasteiger partial charge < -0.3 is 10.0 Å². The van der Waals surface area contributed by atoms with Crippen LogP contribution in [0.4, 0.5) is 13.2 Å². The molecule has 7 rings (SSSR count). The fourth-order valence-electron chi connectivity index (χ4n) is 9.75. The van der Waals surface area contributed by atoms with E-state index in [0.717, 1.165) is 38.6 Å². The number of benzene rings is 1. The number of halogens is 3. The summed E-state index contributed by atoms with van der Waals surface area (Å²) in [6.45, 7) is 1.50. The van der Waals surface area contributed by atoms with Crippen molar-refractivity contribution in [2.75, 3.05) is 13.1 Å². The van der Waals surface area contributed by atoms with E-state index in [-0.39, 0.29) is 34.5 Å². The molecule has 6 atom stereocenters. The molecule has 1 aromatic rings. The molecule has 2 saturated heterocycles. The summed E-state index contributed by atoms with van der Waals surface area (Å²) >= 11 is 0. The lowest BCUT2D eigenvalue weighted by atomic mass is 9.43. The van der Waals surface area contributed by atoms with Crippen molar-refractivity contribution < 1.29 is 23.1 Å². The Labute approximate surface area is 192 Å². The number of phenolic OH excluding ortho intramolecular Hbond substituents is 1. The second kappa shape index (κ2) is 6.46. The Hall–Kier alpha value is -1.76. The molecule has 4 bridgehead atoms. The number of carbonyl (C=O) groups is 1. The number of piperidine rings is 1. The van der Waals surface area contributed by atoms with Crippen LogP contribution in [0, 0.1) is 17.3 Å². The van der Waals surface area contributed by atoms with Crippen LogP contribution in [0.25, 0.3) is 0 Å². The van der Waals surface area contributed by atoms with Gasteiger partial charge in [0.15, 0.2) is 0 Å². The second-order valence-corrected chi connectivity index (χ2v) is 11.7. The van der Waals surface area contributed by atoms with Gasteiger partial charge >= 0.3 is 6.18 Å². The van der Waals surface area contributed by atoms with Gasteiger partial charge in [-0.05, 0) is 92.0 Å². The molecule has 5 unspecified atom stereocenters. The van der Waals surface area contributed by atoms with E-state index >= 15 is 0 Å². The number of likely N-dealkylation sites (tertiary alicyclic amines) is 2. The maximum atomic E-state index is 13.1. The third-order valence-corrected chi connectivity index (χ3v) is 10.7. The molecule has 2 heterocycles. The minimum Gasteiger partial charge on any atom is -0.508 e. The van der Waals surface area contributed by atoms with Crippen LogP contribution >= 0.6 is 0 Å². The van der Waals surface area contributed by atoms with E-state index in [9.17, 15) is 23.1 Å². The summed E-state index contributed by atoms with van der Waals surface area (Å²) in [5.41, 5.74) is 2.53. The van der Waals surface area contributed by atoms with Crippen LogP contribution in [-0.2, 0) is 16.6 Å². The van der Waals surface area contributed by atoms with Crippen LogP contribution in [0.1, 0.15) is 62.5 Å². The van der Waals surface area contributed by atoms with Crippen molar-refractivity contribution in [3.05, 3.63) is 29.3 Å². The van der Waals surface area contributed by atoms with E-state index in [1.807, 2.05) is 6.07 Å². The van der Waals surface area contributed by atoms with Gasteiger partial charge in [0.05, 0.1) is 0 Å². The van der Waals surface area contributed by atoms with E-state index in [4.69, 9.17) is 0 Å². The zero-order valence-corrected chi connectivity index (χ0v) is 18.8. The molecule has 2 aliphatic heterocycles. The van der Waals surface area contributed by atoms with Gasteiger partial charge in [0.1, 0.15) is 12.2 Å². The highest BCUT2D eigenvalue weighted by molar-refractivity contribution is 5.78. The summed E-state index contributed by atoms with van der Waals surface area (Å²) in [6.07, 6.45) is 2.84. The first kappa shape index (κ1) is 20.6. The first-order valence-corrected chi connectivity index (χ1v) is 12.7. The highest BCUT2D eigenvalue weighted by Gasteiger charge is 2.76. The van der Waals surface area contributed by atoms with Crippen LogP contribution < -0.4 is 0 Å². The molecule has 4 nitrogen and oxygen atoms in total. The van der Waals surface area contributed by atoms with Crippen molar-refractivity contribution >= 4 is 5.91 Å². The highest BCUT2D eigenvalue weighted by atomic mass is 19.4. The SMILES string of the molecule is O=C(CC(F)(F)F)N1C[C@H]2CC34CCC1C2C31CCN(C2CCC2)C4Cc2ccc(O)cc21. The Morgan fingerprint density at radius 1 is 1.18 bits per heavy atom. The smallest absolute Gasteiger partial charge is 0.397 e. The Kier molecular flexibility index (Phi) is 4.04. The molecule has 3 saturated carbocycles. The molecule has 1 aromatic carbocycles. The van der Waals surface area contributed by atoms with Crippen molar-refractivity contribution in [3.8, 4) is 5.75 Å². The van der Waals surface area contributed by atoms with Crippen molar-refractivity contribution in [1.82, 2.24) is 9.80 Å². The largest absolute Gasteiger partial charge is 0.508 e. The van der Waals surface area contributed by atoms with E-state index in [2.05, 4.69) is 11.0 Å². The molecule has 7 heteroatoms. The van der Waals surface area contributed by atoms with Crippen LogP contribution in [-0.4, -0.2) is 58.2 Å². The molecule has 33 heavy (non-hydrogen) atoms. The summed E-state index contributed by atoms with van der Waals surface area (Å²) < 4.78 is 39.2. The number of nitrogens with zero attached hydrogens (tertiary/aromatic N) is 2. The molecule has 0 aromatic heterocycles. The molecule has 1 amide bonds. The Bertz CT molecular complexity index is 1020. The number of hydrogen-bond donors (Lipinski definition) is 1. The summed E-state index contributed by atoms with van der Waals surface area (Å²) in [5, 5.41) is 10.5. The topological polar surface area (TPSA) is 43.8 Å². The molecule has 6 aliphatic rings. The molecular weight excluding hydrogens is 429 g/mol. The van der Waals surface area contributed by atoms with E-state index in [1.165, 1.54) is 30.4 Å². The van der Waals surface area contributed by atoms with Gasteiger partial charge in [-0.1, -0.05) is 12.5 Å². The van der Waals surface area contributed by atoms with Gasteiger partial charge in [-0.15, -0.1) is 0 Å². The van der Waals surface area contributed by atoms with Crippen molar-refractivity contribution in [1.29, 1.82) is 0 Å². The monoisotopic (exact) mass is 460 g/mol. The third-order valence-electron chi connectivity index (χ3n) is 10.7. The van der Waals surface area contributed by atoms with E-state index < -0.39 is 18.5 Å². The average Bonchev–Trinajstić information content (AvgIpc) is 3.14. The van der Waals surface area contributed by atoms with Crippen molar-refractivity contribution in [2.24, 2.45) is 17.3 Å². The molecule has 178 valence electrons. The van der Waals surface area contributed by atoms with Gasteiger partial charge in [0.25, 0.3) is 0 Å². The lowest BCUT2D eigenvalue weighted by molar-refractivity contribution is -0.166. The van der Waals surface area contributed by atoms with Crippen LogP contribution in [0.15, 0.2) is 18.2 Å². The lowest BCUT2D eigenvalue weighted by Gasteiger charge is -2.68. The number of aromatic hydroxyl groups is 1. The molecular formula is C26H31F3N2O2. The predicted molar refractivity (Wildman–Crippen MR) is 116 cm³/mol.